The van der Waals surface area contributed by atoms with Crippen molar-refractivity contribution in [3.8, 4) is 0 Å². The number of carbonyl (C=O) groups is 1. The molecule has 1 aliphatic rings. The Hall–Kier alpha value is -0.320. The van der Waals surface area contributed by atoms with E-state index < -0.39 is 0 Å². The van der Waals surface area contributed by atoms with E-state index in [0.717, 1.165) is 6.54 Å². The van der Waals surface area contributed by atoms with Crippen molar-refractivity contribution in [3.63, 3.8) is 0 Å². The first-order chi connectivity index (χ1) is 5.29. The molecule has 72 valence electrons. The molecule has 0 amide bonds. The van der Waals surface area contributed by atoms with Gasteiger partial charge < -0.3 is 14.8 Å². The summed E-state index contributed by atoms with van der Waals surface area (Å²) in [6, 6.07) is 0. The Bertz CT molecular complexity index is 154. The van der Waals surface area contributed by atoms with E-state index >= 15 is 0 Å². The van der Waals surface area contributed by atoms with Gasteiger partial charge >= 0.3 is 5.97 Å². The van der Waals surface area contributed by atoms with Crippen molar-refractivity contribution in [1.82, 2.24) is 5.32 Å². The van der Waals surface area contributed by atoms with Crippen LogP contribution in [0.25, 0.3) is 0 Å². The molecule has 0 spiro atoms. The Morgan fingerprint density at radius 1 is 1.42 bits per heavy atom. The van der Waals surface area contributed by atoms with Crippen LogP contribution in [0.5, 0.6) is 0 Å². The van der Waals surface area contributed by atoms with Gasteiger partial charge in [-0.25, -0.2) is 0 Å². The van der Waals surface area contributed by atoms with Gasteiger partial charge in [0.15, 0.2) is 0 Å². The highest BCUT2D eigenvalue weighted by molar-refractivity contribution is 5.85. The molecule has 1 aliphatic heterocycles. The van der Waals surface area contributed by atoms with Crippen LogP contribution in [0.15, 0.2) is 0 Å². The van der Waals surface area contributed by atoms with Gasteiger partial charge in [-0.05, 0) is 0 Å². The maximum atomic E-state index is 11.0. The molecule has 0 aliphatic carbocycles. The highest BCUT2D eigenvalue weighted by Crippen LogP contribution is 2.12. The van der Waals surface area contributed by atoms with E-state index in [2.05, 4.69) is 10.1 Å². The first-order valence-electron chi connectivity index (χ1n) is 3.61. The lowest BCUT2D eigenvalue weighted by Crippen LogP contribution is -2.29. The minimum Gasteiger partial charge on any atom is -0.469 e. The second-order valence-electron chi connectivity index (χ2n) is 2.56. The molecule has 5 heteroatoms. The Morgan fingerprint density at radius 2 is 2.08 bits per heavy atom. The molecule has 12 heavy (non-hydrogen) atoms. The van der Waals surface area contributed by atoms with Gasteiger partial charge in [0, 0.05) is 20.2 Å². The second kappa shape index (κ2) is 5.35. The molecule has 0 aromatic rings. The summed E-state index contributed by atoms with van der Waals surface area (Å²) in [5, 5.41) is 3.06. The molecule has 0 unspecified atom stereocenters. The average molecular weight is 196 g/mol. The van der Waals surface area contributed by atoms with E-state index in [4.69, 9.17) is 4.74 Å². The van der Waals surface area contributed by atoms with Gasteiger partial charge in [0.1, 0.15) is 0 Å². The fraction of sp³-hybridized carbons (Fsp3) is 0.857. The molecule has 0 aromatic carbocycles. The van der Waals surface area contributed by atoms with E-state index in [9.17, 15) is 4.79 Å². The summed E-state index contributed by atoms with van der Waals surface area (Å²) in [5.41, 5.74) is 0. The number of ether oxygens (including phenoxy) is 2. The summed E-state index contributed by atoms with van der Waals surface area (Å²) in [6.45, 7) is 1.39. The standard InChI is InChI=1S/C7H13NO3.ClH/c1-10-6-4-8-3-5(6)7(9)11-2;/h5-6,8H,3-4H2,1-2H3;1H/t5-,6-;/m1./s1. The summed E-state index contributed by atoms with van der Waals surface area (Å²) < 4.78 is 9.69. The normalized spacial score (nSPS) is 27.8. The van der Waals surface area contributed by atoms with Crippen LogP contribution in [-0.4, -0.2) is 39.4 Å². The van der Waals surface area contributed by atoms with Crippen LogP contribution >= 0.6 is 12.4 Å². The number of carbonyl (C=O) groups excluding carboxylic acids is 1. The van der Waals surface area contributed by atoms with Crippen LogP contribution in [0.3, 0.4) is 0 Å². The lowest BCUT2D eigenvalue weighted by atomic mass is 10.1. The number of halogens is 1. The molecule has 0 radical (unpaired) electrons. The average Bonchev–Trinajstić information content (AvgIpc) is 2.50. The van der Waals surface area contributed by atoms with E-state index in [1.165, 1.54) is 7.11 Å². The van der Waals surface area contributed by atoms with E-state index in [0.29, 0.717) is 6.54 Å². The van der Waals surface area contributed by atoms with Crippen LogP contribution in [-0.2, 0) is 14.3 Å². The first-order valence-corrected chi connectivity index (χ1v) is 3.61. The quantitative estimate of drug-likeness (QED) is 0.621. The number of rotatable bonds is 2. The zero-order chi connectivity index (χ0) is 8.27. The van der Waals surface area contributed by atoms with Gasteiger partial charge in [-0.15, -0.1) is 12.4 Å². The van der Waals surface area contributed by atoms with Crippen LogP contribution in [0.4, 0.5) is 0 Å². The van der Waals surface area contributed by atoms with E-state index in [1.54, 1.807) is 7.11 Å². The third kappa shape index (κ3) is 2.33. The second-order valence-corrected chi connectivity index (χ2v) is 2.56. The van der Waals surface area contributed by atoms with Gasteiger partial charge in [0.25, 0.3) is 0 Å². The number of hydrogen-bond donors (Lipinski definition) is 1. The predicted molar refractivity (Wildman–Crippen MR) is 46.4 cm³/mol. The minimum atomic E-state index is -0.193. The Morgan fingerprint density at radius 3 is 2.58 bits per heavy atom. The molecule has 0 saturated carbocycles. The molecule has 1 rings (SSSR count). The van der Waals surface area contributed by atoms with Crippen molar-refractivity contribution in [2.75, 3.05) is 27.3 Å². The van der Waals surface area contributed by atoms with Gasteiger partial charge in [-0.3, -0.25) is 4.79 Å². The largest absolute Gasteiger partial charge is 0.469 e. The zero-order valence-corrected chi connectivity index (χ0v) is 8.02. The van der Waals surface area contributed by atoms with Crippen LogP contribution in [0, 0.1) is 5.92 Å². The molecule has 1 heterocycles. The van der Waals surface area contributed by atoms with Gasteiger partial charge in [0.2, 0.25) is 0 Å². The monoisotopic (exact) mass is 195 g/mol. The number of esters is 1. The number of nitrogens with one attached hydrogen (secondary N) is 1. The maximum absolute atomic E-state index is 11.0. The molecule has 0 aromatic heterocycles. The smallest absolute Gasteiger partial charge is 0.312 e. The Balaban J connectivity index is 0.00000121. The zero-order valence-electron chi connectivity index (χ0n) is 7.20. The number of methoxy groups -OCH3 is 2. The van der Waals surface area contributed by atoms with E-state index in [1.807, 2.05) is 0 Å². The Kier molecular flexibility index (Phi) is 5.20. The number of hydrogen-bond acceptors (Lipinski definition) is 4. The van der Waals surface area contributed by atoms with Crippen LogP contribution in [0.1, 0.15) is 0 Å². The topological polar surface area (TPSA) is 47.6 Å². The van der Waals surface area contributed by atoms with Crippen molar-refractivity contribution in [2.45, 2.75) is 6.10 Å². The lowest BCUT2D eigenvalue weighted by molar-refractivity contribution is -0.148. The summed E-state index contributed by atoms with van der Waals surface area (Å²) in [6.07, 6.45) is -0.0255. The van der Waals surface area contributed by atoms with Crippen molar-refractivity contribution in [2.24, 2.45) is 5.92 Å². The fourth-order valence-electron chi connectivity index (χ4n) is 1.29. The predicted octanol–water partition coefficient (Wildman–Crippen LogP) is -0.184. The van der Waals surface area contributed by atoms with Gasteiger partial charge in [-0.1, -0.05) is 0 Å². The third-order valence-corrected chi connectivity index (χ3v) is 1.97. The molecule has 2 atom stereocenters. The molecular formula is C7H14ClNO3. The van der Waals surface area contributed by atoms with Gasteiger partial charge in [-0.2, -0.15) is 0 Å². The molecule has 1 N–H and O–H groups in total. The Labute approximate surface area is 78.0 Å². The van der Waals surface area contributed by atoms with E-state index in [-0.39, 0.29) is 30.4 Å². The molecular weight excluding hydrogens is 182 g/mol. The highest BCUT2D eigenvalue weighted by Gasteiger charge is 2.33. The summed E-state index contributed by atoms with van der Waals surface area (Å²) in [4.78, 5) is 11.0. The fourth-order valence-corrected chi connectivity index (χ4v) is 1.29. The molecule has 1 fully saturated rings. The van der Waals surface area contributed by atoms with Crippen molar-refractivity contribution in [3.05, 3.63) is 0 Å². The van der Waals surface area contributed by atoms with Crippen LogP contribution in [0.2, 0.25) is 0 Å². The van der Waals surface area contributed by atoms with Crippen molar-refractivity contribution < 1.29 is 14.3 Å². The summed E-state index contributed by atoms with van der Waals surface area (Å²) in [7, 11) is 3.00. The van der Waals surface area contributed by atoms with Crippen LogP contribution < -0.4 is 5.32 Å². The van der Waals surface area contributed by atoms with Gasteiger partial charge in [0.05, 0.1) is 19.1 Å². The van der Waals surface area contributed by atoms with Crippen molar-refractivity contribution >= 4 is 18.4 Å². The lowest BCUT2D eigenvalue weighted by Gasteiger charge is -2.13. The van der Waals surface area contributed by atoms with Crippen molar-refractivity contribution in [1.29, 1.82) is 0 Å². The molecule has 4 nitrogen and oxygen atoms in total. The summed E-state index contributed by atoms with van der Waals surface area (Å²) >= 11 is 0. The maximum Gasteiger partial charge on any atom is 0.312 e. The summed E-state index contributed by atoms with van der Waals surface area (Å²) in [5.74, 6) is -0.327. The molecule has 1 saturated heterocycles. The molecule has 0 bridgehead atoms. The highest BCUT2D eigenvalue weighted by atomic mass is 35.5. The third-order valence-electron chi connectivity index (χ3n) is 1.97. The first kappa shape index (κ1) is 11.7. The minimum absolute atomic E-state index is 0. The SMILES string of the molecule is COC(=O)[C@@H]1CNC[C@H]1OC.Cl.